The summed E-state index contributed by atoms with van der Waals surface area (Å²) in [6.07, 6.45) is 5.39. The molecule has 6 heteroatoms. The number of hydrogen-bond donors (Lipinski definition) is 1. The van der Waals surface area contributed by atoms with Crippen molar-refractivity contribution in [2.45, 2.75) is 33.2 Å². The summed E-state index contributed by atoms with van der Waals surface area (Å²) in [5.74, 6) is -0.365. The Balaban J connectivity index is 1.86. The Bertz CT molecular complexity index is 919. The van der Waals surface area contributed by atoms with Gasteiger partial charge in [0.25, 0.3) is 5.91 Å². The maximum Gasteiger partial charge on any atom is 0.289 e. The largest absolute Gasteiger partial charge is 0.363 e. The number of nitrogens with one attached hydrogen (secondary N) is 1. The Morgan fingerprint density at radius 1 is 1.37 bits per heavy atom. The molecule has 1 aromatic heterocycles. The molecule has 140 valence electrons. The Morgan fingerprint density at radius 2 is 2.15 bits per heavy atom. The van der Waals surface area contributed by atoms with Gasteiger partial charge in [-0.2, -0.15) is 5.10 Å². The Morgan fingerprint density at radius 3 is 2.81 bits per heavy atom. The number of pyridine rings is 1. The standard InChI is InChI=1S/C21H23ClN4O/c1-5-26-19-11-17(22)15(10-16(19)14(2)12-21(26,3)4)13-24-25-20(27)18-8-6-7-9-23-18/h6-13H,5H2,1-4H3,(H,25,27)/b24-13-. The zero-order chi connectivity index (χ0) is 19.6. The van der Waals surface area contributed by atoms with Gasteiger partial charge in [0, 0.05) is 29.6 Å². The van der Waals surface area contributed by atoms with E-state index in [1.807, 2.05) is 12.1 Å². The summed E-state index contributed by atoms with van der Waals surface area (Å²) < 4.78 is 0. The number of likely N-dealkylation sites (N-methyl/N-ethyl adjacent to an activating group) is 1. The van der Waals surface area contributed by atoms with Gasteiger partial charge >= 0.3 is 0 Å². The third kappa shape index (κ3) is 3.88. The van der Waals surface area contributed by atoms with E-state index in [1.54, 1.807) is 30.6 Å². The molecule has 1 aromatic carbocycles. The number of hydrogen-bond acceptors (Lipinski definition) is 4. The van der Waals surface area contributed by atoms with Crippen LogP contribution in [-0.2, 0) is 0 Å². The first-order chi connectivity index (χ1) is 12.8. The SMILES string of the molecule is CCN1c2cc(Cl)c(/C=N\NC(=O)c3ccccn3)cc2C(C)=CC1(C)C. The van der Waals surface area contributed by atoms with Crippen LogP contribution in [0.3, 0.4) is 0 Å². The molecule has 0 bridgehead atoms. The van der Waals surface area contributed by atoms with Gasteiger partial charge in [-0.25, -0.2) is 5.43 Å². The van der Waals surface area contributed by atoms with E-state index in [1.165, 1.54) is 5.57 Å². The van der Waals surface area contributed by atoms with Gasteiger partial charge in [-0.05, 0) is 57.5 Å². The number of amides is 1. The fourth-order valence-corrected chi connectivity index (χ4v) is 3.71. The minimum Gasteiger partial charge on any atom is -0.363 e. The Labute approximate surface area is 164 Å². The van der Waals surface area contributed by atoms with Crippen LogP contribution in [0.25, 0.3) is 5.57 Å². The molecule has 5 nitrogen and oxygen atoms in total. The van der Waals surface area contributed by atoms with Crippen molar-refractivity contribution in [3.63, 3.8) is 0 Å². The molecule has 0 aliphatic carbocycles. The molecular formula is C21H23ClN4O. The predicted octanol–water partition coefficient (Wildman–Crippen LogP) is 4.52. The number of hydrazone groups is 1. The highest BCUT2D eigenvalue weighted by atomic mass is 35.5. The number of nitrogens with zero attached hydrogens (tertiary/aromatic N) is 3. The summed E-state index contributed by atoms with van der Waals surface area (Å²) in [6.45, 7) is 9.51. The number of carbonyl (C=O) groups is 1. The summed E-state index contributed by atoms with van der Waals surface area (Å²) in [5, 5.41) is 4.63. The predicted molar refractivity (Wildman–Crippen MR) is 111 cm³/mol. The van der Waals surface area contributed by atoms with E-state index in [2.05, 4.69) is 54.2 Å². The van der Waals surface area contributed by atoms with Gasteiger partial charge in [-0.15, -0.1) is 0 Å². The molecular weight excluding hydrogens is 360 g/mol. The summed E-state index contributed by atoms with van der Waals surface area (Å²) >= 11 is 6.49. The molecule has 0 spiro atoms. The molecule has 1 aliphatic rings. The first kappa shape index (κ1) is 19.1. The molecule has 0 atom stereocenters. The minimum atomic E-state index is -0.365. The molecule has 27 heavy (non-hydrogen) atoms. The van der Waals surface area contributed by atoms with Gasteiger partial charge in [0.1, 0.15) is 5.69 Å². The molecule has 0 unspecified atom stereocenters. The van der Waals surface area contributed by atoms with Gasteiger partial charge in [0.15, 0.2) is 0 Å². The van der Waals surface area contributed by atoms with Crippen molar-refractivity contribution in [3.05, 3.63) is 64.4 Å². The van der Waals surface area contributed by atoms with Gasteiger partial charge in [0.2, 0.25) is 0 Å². The van der Waals surface area contributed by atoms with Gasteiger partial charge < -0.3 is 4.90 Å². The molecule has 1 aliphatic heterocycles. The Hall–Kier alpha value is -2.66. The minimum absolute atomic E-state index is 0.0680. The van der Waals surface area contributed by atoms with Crippen molar-refractivity contribution in [2.75, 3.05) is 11.4 Å². The number of allylic oxidation sites excluding steroid dienone is 1. The third-order valence-corrected chi connectivity index (χ3v) is 5.01. The topological polar surface area (TPSA) is 57.6 Å². The lowest BCUT2D eigenvalue weighted by Crippen LogP contribution is -2.44. The van der Waals surface area contributed by atoms with E-state index >= 15 is 0 Å². The number of rotatable bonds is 4. The van der Waals surface area contributed by atoms with Crippen LogP contribution in [0.5, 0.6) is 0 Å². The summed E-state index contributed by atoms with van der Waals surface area (Å²) in [7, 11) is 0. The van der Waals surface area contributed by atoms with Crippen LogP contribution in [0, 0.1) is 0 Å². The van der Waals surface area contributed by atoms with Gasteiger partial charge in [-0.1, -0.05) is 23.7 Å². The molecule has 2 heterocycles. The molecule has 0 saturated heterocycles. The number of benzene rings is 1. The maximum atomic E-state index is 12.0. The van der Waals surface area contributed by atoms with E-state index < -0.39 is 0 Å². The number of carbonyl (C=O) groups excluding carboxylic acids is 1. The quantitative estimate of drug-likeness (QED) is 0.624. The lowest BCUT2D eigenvalue weighted by molar-refractivity contribution is 0.0950. The average Bonchev–Trinajstić information content (AvgIpc) is 2.63. The Kier molecular flexibility index (Phi) is 5.33. The second-order valence-corrected chi connectivity index (χ2v) is 7.44. The van der Waals surface area contributed by atoms with Crippen molar-refractivity contribution in [3.8, 4) is 0 Å². The molecule has 1 amide bonds. The van der Waals surface area contributed by atoms with Crippen molar-refractivity contribution in [2.24, 2.45) is 5.10 Å². The second-order valence-electron chi connectivity index (χ2n) is 7.03. The van der Waals surface area contributed by atoms with Crippen molar-refractivity contribution in [1.29, 1.82) is 0 Å². The first-order valence-corrected chi connectivity index (χ1v) is 9.26. The van der Waals surface area contributed by atoms with E-state index in [9.17, 15) is 4.79 Å². The van der Waals surface area contributed by atoms with Crippen LogP contribution < -0.4 is 10.3 Å². The molecule has 0 saturated carbocycles. The van der Waals surface area contributed by atoms with Crippen molar-refractivity contribution >= 4 is 35.0 Å². The fraction of sp³-hybridized carbons (Fsp3) is 0.286. The lowest BCUT2D eigenvalue weighted by atomic mass is 9.88. The highest BCUT2D eigenvalue weighted by Gasteiger charge is 2.30. The van der Waals surface area contributed by atoms with E-state index in [0.717, 1.165) is 23.4 Å². The zero-order valence-corrected chi connectivity index (χ0v) is 16.7. The molecule has 3 rings (SSSR count). The average molecular weight is 383 g/mol. The lowest BCUT2D eigenvalue weighted by Gasteiger charge is -2.43. The van der Waals surface area contributed by atoms with E-state index in [0.29, 0.717) is 10.7 Å². The summed E-state index contributed by atoms with van der Waals surface area (Å²) in [5.41, 5.74) is 6.91. The highest BCUT2D eigenvalue weighted by molar-refractivity contribution is 6.33. The molecule has 1 N–H and O–H groups in total. The van der Waals surface area contributed by atoms with Crippen LogP contribution in [0.2, 0.25) is 5.02 Å². The first-order valence-electron chi connectivity index (χ1n) is 8.89. The number of halogens is 1. The van der Waals surface area contributed by atoms with Crippen LogP contribution in [0.15, 0.2) is 47.7 Å². The van der Waals surface area contributed by atoms with Crippen LogP contribution in [0.1, 0.15) is 49.3 Å². The van der Waals surface area contributed by atoms with Gasteiger partial charge in [0.05, 0.1) is 16.8 Å². The molecule has 2 aromatic rings. The van der Waals surface area contributed by atoms with Gasteiger partial charge in [-0.3, -0.25) is 9.78 Å². The molecule has 0 radical (unpaired) electrons. The van der Waals surface area contributed by atoms with Crippen LogP contribution >= 0.6 is 11.6 Å². The van der Waals surface area contributed by atoms with Crippen LogP contribution in [0.4, 0.5) is 5.69 Å². The second kappa shape index (κ2) is 7.53. The maximum absolute atomic E-state index is 12.0. The summed E-state index contributed by atoms with van der Waals surface area (Å²) in [4.78, 5) is 18.3. The highest BCUT2D eigenvalue weighted by Crippen LogP contribution is 2.40. The van der Waals surface area contributed by atoms with Crippen molar-refractivity contribution in [1.82, 2.24) is 10.4 Å². The van der Waals surface area contributed by atoms with E-state index in [4.69, 9.17) is 11.6 Å². The smallest absolute Gasteiger partial charge is 0.289 e. The number of anilines is 1. The molecule has 0 fully saturated rings. The van der Waals surface area contributed by atoms with E-state index in [-0.39, 0.29) is 11.4 Å². The number of fused-ring (bicyclic) bond motifs is 1. The zero-order valence-electron chi connectivity index (χ0n) is 16.0. The monoisotopic (exact) mass is 382 g/mol. The van der Waals surface area contributed by atoms with Crippen molar-refractivity contribution < 1.29 is 4.79 Å². The third-order valence-electron chi connectivity index (χ3n) is 4.68. The summed E-state index contributed by atoms with van der Waals surface area (Å²) in [6, 6.07) is 9.12. The fourth-order valence-electron chi connectivity index (χ4n) is 3.51. The van der Waals surface area contributed by atoms with Crippen LogP contribution in [-0.4, -0.2) is 29.2 Å². The normalized spacial score (nSPS) is 15.4. The number of aromatic nitrogens is 1.